The van der Waals surface area contributed by atoms with Crippen LogP contribution in [0.5, 0.6) is 0 Å². The molecule has 4 N–H and O–H groups in total. The SMILES string of the molecule is O=C(Nc1ccc(CC2CCN(Cc3ccc(C(O)(C(F)(F)F)C(F)(F)F)cc3)CC2)cc1F)N[C@H]1CCC[C@H]1O. The number of urea groups is 1. The molecule has 0 spiro atoms. The fourth-order valence-electron chi connectivity index (χ4n) is 5.50. The van der Waals surface area contributed by atoms with Crippen LogP contribution in [-0.2, 0) is 18.6 Å². The van der Waals surface area contributed by atoms with Gasteiger partial charge < -0.3 is 20.8 Å². The highest BCUT2D eigenvalue weighted by Gasteiger charge is 2.71. The fourth-order valence-corrected chi connectivity index (χ4v) is 5.50. The third-order valence-electron chi connectivity index (χ3n) is 7.91. The highest BCUT2D eigenvalue weighted by Crippen LogP contribution is 2.50. The third-order valence-corrected chi connectivity index (χ3v) is 7.91. The van der Waals surface area contributed by atoms with Crippen LogP contribution in [0.4, 0.5) is 41.2 Å². The van der Waals surface area contributed by atoms with E-state index in [1.807, 2.05) is 4.90 Å². The molecule has 2 aromatic carbocycles. The first kappa shape index (κ1) is 31.0. The Hall–Kier alpha value is -2.90. The van der Waals surface area contributed by atoms with Crippen LogP contribution in [0, 0.1) is 11.7 Å². The molecule has 1 aliphatic carbocycles. The quantitative estimate of drug-likeness (QED) is 0.315. The van der Waals surface area contributed by atoms with E-state index in [0.717, 1.165) is 37.0 Å². The second kappa shape index (κ2) is 12.1. The largest absolute Gasteiger partial charge is 0.430 e. The number of carbonyl (C=O) groups excluding carboxylic acids is 1. The number of hydrogen-bond acceptors (Lipinski definition) is 4. The topological polar surface area (TPSA) is 84.8 Å². The third kappa shape index (κ3) is 7.12. The van der Waals surface area contributed by atoms with E-state index in [-0.39, 0.29) is 17.6 Å². The van der Waals surface area contributed by atoms with Crippen molar-refractivity contribution >= 4 is 11.7 Å². The summed E-state index contributed by atoms with van der Waals surface area (Å²) in [6.45, 7) is 1.59. The Morgan fingerprint density at radius 1 is 0.902 bits per heavy atom. The second-order valence-electron chi connectivity index (χ2n) is 10.8. The van der Waals surface area contributed by atoms with Crippen LogP contribution in [0.1, 0.15) is 48.8 Å². The molecule has 1 saturated carbocycles. The van der Waals surface area contributed by atoms with Crippen molar-refractivity contribution < 1.29 is 45.7 Å². The number of likely N-dealkylation sites (tertiary alicyclic amines) is 1. The van der Waals surface area contributed by atoms with Crippen molar-refractivity contribution in [2.45, 2.75) is 75.2 Å². The maximum absolute atomic E-state index is 14.7. The van der Waals surface area contributed by atoms with Crippen LogP contribution in [-0.4, -0.2) is 58.7 Å². The van der Waals surface area contributed by atoms with Gasteiger partial charge in [-0.2, -0.15) is 26.3 Å². The number of nitrogens with one attached hydrogen (secondary N) is 2. The van der Waals surface area contributed by atoms with Crippen LogP contribution in [0.2, 0.25) is 0 Å². The molecular weight excluding hydrogens is 559 g/mol. The van der Waals surface area contributed by atoms with E-state index >= 15 is 0 Å². The summed E-state index contributed by atoms with van der Waals surface area (Å²) in [5, 5.41) is 24.5. The van der Waals surface area contributed by atoms with Crippen LogP contribution in [0.25, 0.3) is 0 Å². The zero-order valence-corrected chi connectivity index (χ0v) is 22.0. The summed E-state index contributed by atoms with van der Waals surface area (Å²) in [6, 6.07) is 7.27. The number of rotatable bonds is 7. The zero-order valence-electron chi connectivity index (χ0n) is 22.0. The van der Waals surface area contributed by atoms with Crippen molar-refractivity contribution in [1.29, 1.82) is 0 Å². The Balaban J connectivity index is 1.27. The lowest BCUT2D eigenvalue weighted by molar-refractivity contribution is -0.376. The van der Waals surface area contributed by atoms with Gasteiger partial charge in [-0.3, -0.25) is 4.90 Å². The van der Waals surface area contributed by atoms with Crippen molar-refractivity contribution in [3.63, 3.8) is 0 Å². The maximum atomic E-state index is 14.7. The molecule has 0 bridgehead atoms. The molecule has 0 aromatic heterocycles. The molecular formula is C28H32F7N3O3. The Bertz CT molecular complexity index is 1180. The lowest BCUT2D eigenvalue weighted by Gasteiger charge is -2.33. The lowest BCUT2D eigenvalue weighted by atomic mass is 9.89. The number of hydrogen-bond donors (Lipinski definition) is 4. The molecule has 4 rings (SSSR count). The number of benzene rings is 2. The van der Waals surface area contributed by atoms with Gasteiger partial charge in [0.1, 0.15) is 5.82 Å². The lowest BCUT2D eigenvalue weighted by Crippen LogP contribution is -2.53. The molecule has 0 unspecified atom stereocenters. The minimum Gasteiger partial charge on any atom is -0.391 e. The Labute approximate surface area is 232 Å². The minimum absolute atomic E-state index is 0.0310. The van der Waals surface area contributed by atoms with Gasteiger partial charge in [0.15, 0.2) is 0 Å². The minimum atomic E-state index is -5.93. The van der Waals surface area contributed by atoms with Crippen LogP contribution in [0.15, 0.2) is 42.5 Å². The number of halogens is 7. The van der Waals surface area contributed by atoms with E-state index in [1.165, 1.54) is 12.1 Å². The predicted octanol–water partition coefficient (Wildman–Crippen LogP) is 5.63. The Morgan fingerprint density at radius 3 is 2.05 bits per heavy atom. The average molecular weight is 592 g/mol. The normalized spacial score (nSPS) is 21.2. The molecule has 2 amide bonds. The number of anilines is 1. The summed E-state index contributed by atoms with van der Waals surface area (Å²) >= 11 is 0. The second-order valence-corrected chi connectivity index (χ2v) is 10.8. The first-order valence-electron chi connectivity index (χ1n) is 13.4. The first-order chi connectivity index (χ1) is 19.2. The molecule has 2 aromatic rings. The number of alkyl halides is 6. The summed E-state index contributed by atoms with van der Waals surface area (Å²) in [4.78, 5) is 14.2. The van der Waals surface area contributed by atoms with Gasteiger partial charge in [0.2, 0.25) is 0 Å². The van der Waals surface area contributed by atoms with Crippen molar-refractivity contribution in [2.24, 2.45) is 5.92 Å². The number of piperidine rings is 1. The first-order valence-corrected chi connectivity index (χ1v) is 13.4. The number of aliphatic hydroxyl groups is 2. The highest BCUT2D eigenvalue weighted by molar-refractivity contribution is 5.89. The summed E-state index contributed by atoms with van der Waals surface area (Å²) < 4.78 is 93.2. The van der Waals surface area contributed by atoms with Crippen molar-refractivity contribution in [3.05, 3.63) is 65.0 Å². The molecule has 1 heterocycles. The maximum Gasteiger partial charge on any atom is 0.430 e. The van der Waals surface area contributed by atoms with Crippen molar-refractivity contribution in [2.75, 3.05) is 18.4 Å². The number of amides is 2. The van der Waals surface area contributed by atoms with E-state index in [1.54, 1.807) is 6.07 Å². The van der Waals surface area contributed by atoms with Crippen molar-refractivity contribution in [1.82, 2.24) is 10.2 Å². The van der Waals surface area contributed by atoms with Gasteiger partial charge in [-0.05, 0) is 80.8 Å². The van der Waals surface area contributed by atoms with Gasteiger partial charge in [-0.25, -0.2) is 9.18 Å². The number of carbonyl (C=O) groups is 1. The zero-order chi connectivity index (χ0) is 30.0. The average Bonchev–Trinajstić information content (AvgIpc) is 3.29. The standard InChI is InChI=1S/C28H32F7N3O3/c29-21-15-19(6-9-22(21)36-25(40)37-23-2-1-3-24(23)39)14-17-10-12-38(13-11-17)16-18-4-7-20(8-5-18)26(41,27(30,31)32)28(33,34)35/h4-9,15,17,23-24,39,41H,1-3,10-14,16H2,(H2,36,37,40)/t23-,24+/m0/s1. The van der Waals surface area contributed by atoms with E-state index in [9.17, 15) is 45.7 Å². The van der Waals surface area contributed by atoms with Crippen LogP contribution in [0.3, 0.4) is 0 Å². The fraction of sp³-hybridized carbons (Fsp3) is 0.536. The van der Waals surface area contributed by atoms with Crippen LogP contribution < -0.4 is 10.6 Å². The van der Waals surface area contributed by atoms with E-state index in [4.69, 9.17) is 0 Å². The smallest absolute Gasteiger partial charge is 0.391 e. The van der Waals surface area contributed by atoms with Gasteiger partial charge >= 0.3 is 18.4 Å². The molecule has 6 nitrogen and oxygen atoms in total. The number of aliphatic hydroxyl groups excluding tert-OH is 1. The molecule has 41 heavy (non-hydrogen) atoms. The van der Waals surface area contributed by atoms with Gasteiger partial charge in [0.25, 0.3) is 5.60 Å². The van der Waals surface area contributed by atoms with Gasteiger partial charge in [-0.15, -0.1) is 0 Å². The van der Waals surface area contributed by atoms with Crippen molar-refractivity contribution in [3.8, 4) is 0 Å². The molecule has 2 fully saturated rings. The summed E-state index contributed by atoms with van der Waals surface area (Å²) in [5.41, 5.74) is -4.94. The molecule has 1 saturated heterocycles. The predicted molar refractivity (Wildman–Crippen MR) is 136 cm³/mol. The number of nitrogens with zero attached hydrogens (tertiary/aromatic N) is 1. The highest BCUT2D eigenvalue weighted by atomic mass is 19.4. The molecule has 1 aliphatic heterocycles. The molecule has 2 aliphatic rings. The Morgan fingerprint density at radius 2 is 1.51 bits per heavy atom. The monoisotopic (exact) mass is 591 g/mol. The van der Waals surface area contributed by atoms with E-state index in [0.29, 0.717) is 56.6 Å². The Kier molecular flexibility index (Phi) is 9.19. The summed E-state index contributed by atoms with van der Waals surface area (Å²) in [5.74, 6) is -0.332. The van der Waals surface area contributed by atoms with E-state index in [2.05, 4.69) is 10.6 Å². The van der Waals surface area contributed by atoms with Gasteiger partial charge in [0.05, 0.1) is 17.8 Å². The molecule has 13 heteroatoms. The molecule has 2 atom stereocenters. The summed E-state index contributed by atoms with van der Waals surface area (Å²) in [7, 11) is 0. The molecule has 226 valence electrons. The summed E-state index contributed by atoms with van der Waals surface area (Å²) in [6.07, 6.45) is -8.26. The van der Waals surface area contributed by atoms with Crippen LogP contribution >= 0.6 is 0 Å². The van der Waals surface area contributed by atoms with Gasteiger partial charge in [0, 0.05) is 12.1 Å². The molecule has 0 radical (unpaired) electrons. The van der Waals surface area contributed by atoms with Gasteiger partial charge in [-0.1, -0.05) is 30.3 Å². The van der Waals surface area contributed by atoms with E-state index < -0.39 is 41.5 Å².